The minimum atomic E-state index is 0.0883. The van der Waals surface area contributed by atoms with Crippen LogP contribution >= 0.6 is 11.3 Å². The van der Waals surface area contributed by atoms with Crippen LogP contribution in [0.3, 0.4) is 0 Å². The van der Waals surface area contributed by atoms with Crippen molar-refractivity contribution in [3.63, 3.8) is 0 Å². The first kappa shape index (κ1) is 19.5. The van der Waals surface area contributed by atoms with E-state index < -0.39 is 0 Å². The van der Waals surface area contributed by atoms with Crippen molar-refractivity contribution in [1.82, 2.24) is 19.9 Å². The maximum absolute atomic E-state index is 12.6. The maximum atomic E-state index is 12.6. The smallest absolute Gasteiger partial charge is 0.228 e. The standard InChI is InChI=1S/C19H26N4O3S/c1-13-17(14(2)26-21-13)5-6-18(24)22-7-4-8-23(10-9-22)19(25)11-16-12-27-15(3)20-16/h12H,4-11H2,1-3H3. The first-order valence-electron chi connectivity index (χ1n) is 9.32. The van der Waals surface area contributed by atoms with Crippen molar-refractivity contribution < 1.29 is 14.1 Å². The van der Waals surface area contributed by atoms with E-state index in [0.717, 1.165) is 34.1 Å². The van der Waals surface area contributed by atoms with Crippen LogP contribution in [-0.4, -0.2) is 57.9 Å². The normalized spacial score (nSPS) is 15.1. The Morgan fingerprint density at radius 3 is 2.41 bits per heavy atom. The molecule has 0 atom stereocenters. The molecule has 2 aromatic rings. The molecular weight excluding hydrogens is 364 g/mol. The van der Waals surface area contributed by atoms with Gasteiger partial charge in [0.2, 0.25) is 11.8 Å². The number of aryl methyl sites for hydroxylation is 3. The highest BCUT2D eigenvalue weighted by atomic mass is 32.1. The number of carbonyl (C=O) groups is 2. The second-order valence-corrected chi connectivity index (χ2v) is 8.01. The third-order valence-corrected chi connectivity index (χ3v) is 5.79. The lowest BCUT2D eigenvalue weighted by molar-refractivity contribution is -0.133. The molecule has 1 aliphatic rings. The number of nitrogens with zero attached hydrogens (tertiary/aromatic N) is 4. The van der Waals surface area contributed by atoms with Crippen molar-refractivity contribution >= 4 is 23.2 Å². The number of hydrogen-bond acceptors (Lipinski definition) is 6. The average Bonchev–Trinajstić information content (AvgIpc) is 3.07. The summed E-state index contributed by atoms with van der Waals surface area (Å²) in [5, 5.41) is 6.85. The first-order chi connectivity index (χ1) is 12.9. The van der Waals surface area contributed by atoms with Crippen molar-refractivity contribution in [2.75, 3.05) is 26.2 Å². The van der Waals surface area contributed by atoms with E-state index in [1.54, 1.807) is 11.3 Å². The molecule has 146 valence electrons. The number of aromatic nitrogens is 2. The van der Waals surface area contributed by atoms with Gasteiger partial charge in [0.1, 0.15) is 5.76 Å². The fourth-order valence-electron chi connectivity index (χ4n) is 3.42. The largest absolute Gasteiger partial charge is 0.361 e. The Bertz CT molecular complexity index is 794. The molecule has 0 spiro atoms. The lowest BCUT2D eigenvalue weighted by Crippen LogP contribution is -2.38. The Hall–Kier alpha value is -2.22. The predicted molar refractivity (Wildman–Crippen MR) is 103 cm³/mol. The summed E-state index contributed by atoms with van der Waals surface area (Å²) in [6.45, 7) is 8.27. The molecule has 0 saturated carbocycles. The predicted octanol–water partition coefficient (Wildman–Crippen LogP) is 2.29. The van der Waals surface area contributed by atoms with Crippen LogP contribution in [0.2, 0.25) is 0 Å². The van der Waals surface area contributed by atoms with Gasteiger partial charge in [0.05, 0.1) is 22.8 Å². The molecule has 0 aliphatic carbocycles. The van der Waals surface area contributed by atoms with E-state index in [1.165, 1.54) is 0 Å². The van der Waals surface area contributed by atoms with Crippen LogP contribution in [0.15, 0.2) is 9.90 Å². The van der Waals surface area contributed by atoms with Gasteiger partial charge in [0.25, 0.3) is 0 Å². The number of thiazole rings is 1. The minimum absolute atomic E-state index is 0.0883. The topological polar surface area (TPSA) is 79.5 Å². The fraction of sp³-hybridized carbons (Fsp3) is 0.579. The summed E-state index contributed by atoms with van der Waals surface area (Å²) in [7, 11) is 0. The SMILES string of the molecule is Cc1nc(CC(=O)N2CCCN(C(=O)CCc3c(C)noc3C)CC2)cs1. The number of hydrogen-bond donors (Lipinski definition) is 0. The van der Waals surface area contributed by atoms with E-state index in [0.29, 0.717) is 45.4 Å². The lowest BCUT2D eigenvalue weighted by atomic mass is 10.1. The van der Waals surface area contributed by atoms with Crippen LogP contribution in [-0.2, 0) is 22.4 Å². The van der Waals surface area contributed by atoms with Gasteiger partial charge in [-0.25, -0.2) is 4.98 Å². The Balaban J connectivity index is 1.50. The Kier molecular flexibility index (Phi) is 6.26. The first-order valence-corrected chi connectivity index (χ1v) is 10.2. The van der Waals surface area contributed by atoms with Gasteiger partial charge in [0, 0.05) is 43.5 Å². The molecule has 1 aliphatic heterocycles. The maximum Gasteiger partial charge on any atom is 0.228 e. The quantitative estimate of drug-likeness (QED) is 0.783. The highest BCUT2D eigenvalue weighted by molar-refractivity contribution is 7.09. The van der Waals surface area contributed by atoms with Crippen LogP contribution in [0.25, 0.3) is 0 Å². The van der Waals surface area contributed by atoms with E-state index in [9.17, 15) is 9.59 Å². The molecule has 2 aromatic heterocycles. The minimum Gasteiger partial charge on any atom is -0.361 e. The highest BCUT2D eigenvalue weighted by Gasteiger charge is 2.23. The number of carbonyl (C=O) groups excluding carboxylic acids is 2. The van der Waals surface area contributed by atoms with Gasteiger partial charge < -0.3 is 14.3 Å². The summed E-state index contributed by atoms with van der Waals surface area (Å²) < 4.78 is 5.16. The third-order valence-electron chi connectivity index (χ3n) is 4.97. The van der Waals surface area contributed by atoms with Crippen LogP contribution in [0.4, 0.5) is 0 Å². The molecule has 1 fully saturated rings. The van der Waals surface area contributed by atoms with Crippen molar-refractivity contribution in [3.8, 4) is 0 Å². The molecule has 3 rings (SSSR count). The molecule has 1 saturated heterocycles. The van der Waals surface area contributed by atoms with E-state index >= 15 is 0 Å². The summed E-state index contributed by atoms with van der Waals surface area (Å²) in [6, 6.07) is 0. The van der Waals surface area contributed by atoms with E-state index in [4.69, 9.17) is 4.52 Å². The summed E-state index contributed by atoms with van der Waals surface area (Å²) >= 11 is 1.56. The van der Waals surface area contributed by atoms with Gasteiger partial charge >= 0.3 is 0 Å². The molecule has 27 heavy (non-hydrogen) atoms. The summed E-state index contributed by atoms with van der Waals surface area (Å²) in [4.78, 5) is 33.2. The molecule has 0 N–H and O–H groups in total. The fourth-order valence-corrected chi connectivity index (χ4v) is 4.03. The molecule has 8 heteroatoms. The molecule has 7 nitrogen and oxygen atoms in total. The van der Waals surface area contributed by atoms with Crippen LogP contribution < -0.4 is 0 Å². The summed E-state index contributed by atoms with van der Waals surface area (Å²) in [5.74, 6) is 0.995. The summed E-state index contributed by atoms with van der Waals surface area (Å²) in [5.41, 5.74) is 2.71. The van der Waals surface area contributed by atoms with Crippen molar-refractivity contribution in [2.45, 2.75) is 46.5 Å². The average molecular weight is 391 g/mol. The van der Waals surface area contributed by atoms with Crippen LogP contribution in [0.5, 0.6) is 0 Å². The second-order valence-electron chi connectivity index (χ2n) is 6.95. The molecule has 0 aromatic carbocycles. The van der Waals surface area contributed by atoms with Gasteiger partial charge in [-0.3, -0.25) is 9.59 Å². The van der Waals surface area contributed by atoms with Crippen molar-refractivity contribution in [3.05, 3.63) is 33.1 Å². The zero-order valence-corrected chi connectivity index (χ0v) is 17.0. The zero-order chi connectivity index (χ0) is 19.4. The monoisotopic (exact) mass is 390 g/mol. The molecule has 0 unspecified atom stereocenters. The Labute approximate surface area is 163 Å². The van der Waals surface area contributed by atoms with Gasteiger partial charge in [0.15, 0.2) is 0 Å². The van der Waals surface area contributed by atoms with Gasteiger partial charge in [-0.2, -0.15) is 0 Å². The summed E-state index contributed by atoms with van der Waals surface area (Å²) in [6.07, 6.45) is 2.22. The number of rotatable bonds is 5. The second kappa shape index (κ2) is 8.65. The molecular formula is C19H26N4O3S. The Morgan fingerprint density at radius 1 is 1.11 bits per heavy atom. The molecule has 3 heterocycles. The third kappa shape index (κ3) is 4.94. The molecule has 2 amide bonds. The lowest BCUT2D eigenvalue weighted by Gasteiger charge is -2.22. The zero-order valence-electron chi connectivity index (χ0n) is 16.2. The van der Waals surface area contributed by atoms with Gasteiger partial charge in [-0.15, -0.1) is 11.3 Å². The molecule has 0 radical (unpaired) electrons. The van der Waals surface area contributed by atoms with E-state index in [1.807, 2.05) is 36.0 Å². The van der Waals surface area contributed by atoms with E-state index in [2.05, 4.69) is 10.1 Å². The van der Waals surface area contributed by atoms with Crippen molar-refractivity contribution in [2.24, 2.45) is 0 Å². The Morgan fingerprint density at radius 2 is 1.81 bits per heavy atom. The van der Waals surface area contributed by atoms with E-state index in [-0.39, 0.29) is 11.8 Å². The van der Waals surface area contributed by atoms with Crippen LogP contribution in [0, 0.1) is 20.8 Å². The number of amides is 2. The van der Waals surface area contributed by atoms with Crippen LogP contribution in [0.1, 0.15) is 40.6 Å². The highest BCUT2D eigenvalue weighted by Crippen LogP contribution is 2.16. The van der Waals surface area contributed by atoms with Gasteiger partial charge in [-0.1, -0.05) is 5.16 Å². The molecule has 0 bridgehead atoms. The van der Waals surface area contributed by atoms with Crippen molar-refractivity contribution in [1.29, 1.82) is 0 Å². The van der Waals surface area contributed by atoms with Gasteiger partial charge in [-0.05, 0) is 33.6 Å².